The van der Waals surface area contributed by atoms with Gasteiger partial charge in [-0.15, -0.1) is 0 Å². The topological polar surface area (TPSA) is 40.5 Å². The van der Waals surface area contributed by atoms with Gasteiger partial charge in [0, 0.05) is 18.3 Å². The van der Waals surface area contributed by atoms with E-state index < -0.39 is 5.97 Å². The molecule has 3 nitrogen and oxygen atoms in total. The molecule has 1 aromatic carbocycles. The highest BCUT2D eigenvalue weighted by molar-refractivity contribution is 5.67. The van der Waals surface area contributed by atoms with Crippen molar-refractivity contribution in [1.29, 1.82) is 0 Å². The third-order valence-electron chi connectivity index (χ3n) is 4.46. The first-order chi connectivity index (χ1) is 9.87. The number of carboxylic acid groups (broad SMARTS) is 1. The smallest absolute Gasteiger partial charge is 0.305 e. The first-order valence-electron chi connectivity index (χ1n) is 7.91. The maximum atomic E-state index is 11.0. The molecule has 1 fully saturated rings. The number of nitrogens with zero attached hydrogens (tertiary/aromatic N) is 1. The fraction of sp³-hybridized carbons (Fsp3) is 0.611. The second-order valence-electron chi connectivity index (χ2n) is 7.24. The van der Waals surface area contributed by atoms with Crippen LogP contribution in [-0.2, 0) is 4.79 Å². The van der Waals surface area contributed by atoms with Crippen LogP contribution in [0.1, 0.15) is 46.5 Å². The molecular formula is C18H27NO2. The van der Waals surface area contributed by atoms with Crippen LogP contribution in [0.3, 0.4) is 0 Å². The molecule has 1 aliphatic carbocycles. The van der Waals surface area contributed by atoms with Gasteiger partial charge in [-0.25, -0.2) is 0 Å². The fourth-order valence-electron chi connectivity index (χ4n) is 3.89. The lowest BCUT2D eigenvalue weighted by atomic mass is 9.70. The molecule has 1 N–H and O–H groups in total. The van der Waals surface area contributed by atoms with Crippen LogP contribution in [-0.4, -0.2) is 23.7 Å². The quantitative estimate of drug-likeness (QED) is 0.884. The van der Waals surface area contributed by atoms with Gasteiger partial charge in [0.2, 0.25) is 0 Å². The van der Waals surface area contributed by atoms with E-state index in [0.717, 1.165) is 18.5 Å². The molecular weight excluding hydrogens is 262 g/mol. The lowest BCUT2D eigenvalue weighted by Crippen LogP contribution is -2.44. The number of hydrogen-bond donors (Lipinski definition) is 1. The molecule has 1 aromatic rings. The van der Waals surface area contributed by atoms with Crippen LogP contribution in [0, 0.1) is 11.3 Å². The highest BCUT2D eigenvalue weighted by Gasteiger charge is 2.35. The van der Waals surface area contributed by atoms with Crippen molar-refractivity contribution in [1.82, 2.24) is 0 Å². The number of aliphatic carboxylic acids is 1. The van der Waals surface area contributed by atoms with Crippen LogP contribution in [0.4, 0.5) is 5.69 Å². The van der Waals surface area contributed by atoms with Gasteiger partial charge < -0.3 is 10.0 Å². The van der Waals surface area contributed by atoms with Crippen molar-refractivity contribution in [2.75, 3.05) is 11.4 Å². The monoisotopic (exact) mass is 289 g/mol. The Morgan fingerprint density at radius 3 is 2.52 bits per heavy atom. The summed E-state index contributed by atoms with van der Waals surface area (Å²) in [4.78, 5) is 13.3. The van der Waals surface area contributed by atoms with Crippen molar-refractivity contribution in [2.24, 2.45) is 11.3 Å². The number of carbonyl (C=O) groups is 1. The highest BCUT2D eigenvalue weighted by atomic mass is 16.4. The van der Waals surface area contributed by atoms with Crippen molar-refractivity contribution >= 4 is 11.7 Å². The van der Waals surface area contributed by atoms with Crippen molar-refractivity contribution in [3.63, 3.8) is 0 Å². The molecule has 0 aromatic heterocycles. The molecule has 1 saturated carbocycles. The molecule has 0 spiro atoms. The zero-order valence-electron chi connectivity index (χ0n) is 13.4. The molecule has 3 heteroatoms. The van der Waals surface area contributed by atoms with Gasteiger partial charge in [-0.05, 0) is 42.7 Å². The summed E-state index contributed by atoms with van der Waals surface area (Å²) in [5.74, 6) is -0.0335. The second kappa shape index (κ2) is 6.50. The van der Waals surface area contributed by atoms with Crippen LogP contribution in [0.15, 0.2) is 30.3 Å². The van der Waals surface area contributed by atoms with E-state index in [1.54, 1.807) is 0 Å². The highest BCUT2D eigenvalue weighted by Crippen LogP contribution is 2.41. The summed E-state index contributed by atoms with van der Waals surface area (Å²) in [6.45, 7) is 7.56. The van der Waals surface area contributed by atoms with E-state index in [0.29, 0.717) is 23.9 Å². The van der Waals surface area contributed by atoms with Gasteiger partial charge in [0.15, 0.2) is 0 Å². The molecule has 0 amide bonds. The van der Waals surface area contributed by atoms with Gasteiger partial charge in [-0.1, -0.05) is 39.0 Å². The van der Waals surface area contributed by atoms with Crippen molar-refractivity contribution in [3.05, 3.63) is 30.3 Å². The van der Waals surface area contributed by atoms with Crippen LogP contribution in [0.5, 0.6) is 0 Å². The molecule has 2 unspecified atom stereocenters. The molecule has 0 aliphatic heterocycles. The number of para-hydroxylation sites is 1. The summed E-state index contributed by atoms with van der Waals surface area (Å²) in [7, 11) is 0. The lowest BCUT2D eigenvalue weighted by molar-refractivity contribution is -0.136. The van der Waals surface area contributed by atoms with Crippen molar-refractivity contribution < 1.29 is 9.90 Å². The molecule has 21 heavy (non-hydrogen) atoms. The minimum atomic E-state index is -0.723. The molecule has 2 rings (SSSR count). The van der Waals surface area contributed by atoms with Crippen LogP contribution in [0.2, 0.25) is 0 Å². The SMILES string of the molecule is CC1CC(N(CCC(=O)O)c2ccccc2)CC(C)(C)C1. The summed E-state index contributed by atoms with van der Waals surface area (Å²) in [6, 6.07) is 10.7. The third-order valence-corrected chi connectivity index (χ3v) is 4.46. The van der Waals surface area contributed by atoms with E-state index in [1.807, 2.05) is 18.2 Å². The largest absolute Gasteiger partial charge is 0.481 e. The average Bonchev–Trinajstić information content (AvgIpc) is 2.37. The van der Waals surface area contributed by atoms with Gasteiger partial charge >= 0.3 is 5.97 Å². The molecule has 0 heterocycles. The fourth-order valence-corrected chi connectivity index (χ4v) is 3.89. The van der Waals surface area contributed by atoms with E-state index in [-0.39, 0.29) is 6.42 Å². The Labute approximate surface area is 128 Å². The van der Waals surface area contributed by atoms with Crippen molar-refractivity contribution in [3.8, 4) is 0 Å². The van der Waals surface area contributed by atoms with Gasteiger partial charge in [-0.3, -0.25) is 4.79 Å². The first kappa shape index (κ1) is 15.9. The number of hydrogen-bond acceptors (Lipinski definition) is 2. The summed E-state index contributed by atoms with van der Waals surface area (Å²) in [5, 5.41) is 9.04. The van der Waals surface area contributed by atoms with Gasteiger partial charge in [-0.2, -0.15) is 0 Å². The summed E-state index contributed by atoms with van der Waals surface area (Å²) in [6.07, 6.45) is 3.73. The Kier molecular flexibility index (Phi) is 4.92. The predicted octanol–water partition coefficient (Wildman–Crippen LogP) is 4.18. The summed E-state index contributed by atoms with van der Waals surface area (Å²) in [5.41, 5.74) is 1.48. The normalized spacial score (nSPS) is 24.5. The molecule has 116 valence electrons. The van der Waals surface area contributed by atoms with E-state index in [2.05, 4.69) is 37.8 Å². The maximum Gasteiger partial charge on any atom is 0.305 e. The number of anilines is 1. The Morgan fingerprint density at radius 2 is 1.95 bits per heavy atom. The number of benzene rings is 1. The minimum absolute atomic E-state index is 0.195. The Morgan fingerprint density at radius 1 is 1.29 bits per heavy atom. The molecule has 0 saturated heterocycles. The van der Waals surface area contributed by atoms with E-state index in [9.17, 15) is 4.79 Å². The summed E-state index contributed by atoms with van der Waals surface area (Å²) >= 11 is 0. The van der Waals surface area contributed by atoms with Crippen LogP contribution in [0.25, 0.3) is 0 Å². The number of rotatable bonds is 5. The minimum Gasteiger partial charge on any atom is -0.481 e. The summed E-state index contributed by atoms with van der Waals surface area (Å²) < 4.78 is 0. The molecule has 2 atom stereocenters. The molecule has 1 aliphatic rings. The van der Waals surface area contributed by atoms with Gasteiger partial charge in [0.1, 0.15) is 0 Å². The molecule has 0 bridgehead atoms. The predicted molar refractivity (Wildman–Crippen MR) is 86.6 cm³/mol. The Hall–Kier alpha value is -1.51. The third kappa shape index (κ3) is 4.48. The van der Waals surface area contributed by atoms with Crippen molar-refractivity contribution in [2.45, 2.75) is 52.5 Å². The molecule has 0 radical (unpaired) electrons. The zero-order chi connectivity index (χ0) is 15.5. The zero-order valence-corrected chi connectivity index (χ0v) is 13.4. The maximum absolute atomic E-state index is 11.0. The Balaban J connectivity index is 2.20. The Bertz CT molecular complexity index is 469. The lowest BCUT2D eigenvalue weighted by Gasteiger charge is -2.45. The van der Waals surface area contributed by atoms with E-state index >= 15 is 0 Å². The number of carboxylic acids is 1. The second-order valence-corrected chi connectivity index (χ2v) is 7.24. The van der Waals surface area contributed by atoms with Gasteiger partial charge in [0.25, 0.3) is 0 Å². The standard InChI is InChI=1S/C18H27NO2/c1-14-11-16(13-18(2,3)12-14)19(10-9-17(20)21)15-7-5-4-6-8-15/h4-8,14,16H,9-13H2,1-3H3,(H,20,21). The van der Waals surface area contributed by atoms with Gasteiger partial charge in [0.05, 0.1) is 6.42 Å². The van der Waals surface area contributed by atoms with Crippen LogP contribution < -0.4 is 4.90 Å². The van der Waals surface area contributed by atoms with Crippen LogP contribution >= 0.6 is 0 Å². The van der Waals surface area contributed by atoms with E-state index in [4.69, 9.17) is 5.11 Å². The van der Waals surface area contributed by atoms with E-state index in [1.165, 1.54) is 6.42 Å². The first-order valence-corrected chi connectivity index (χ1v) is 7.91. The average molecular weight is 289 g/mol.